The van der Waals surface area contributed by atoms with E-state index >= 15 is 0 Å². The number of benzene rings is 2. The lowest BCUT2D eigenvalue weighted by Crippen LogP contribution is -2.38. The summed E-state index contributed by atoms with van der Waals surface area (Å²) in [6.07, 6.45) is 2.08. The largest absolute Gasteiger partial charge is 0.454 e. The highest BCUT2D eigenvalue weighted by Crippen LogP contribution is 2.35. The Kier molecular flexibility index (Phi) is 5.24. The van der Waals surface area contributed by atoms with E-state index in [1.807, 2.05) is 18.2 Å². The number of carbonyl (C=O) groups excluding carboxylic acids is 1. The summed E-state index contributed by atoms with van der Waals surface area (Å²) in [5.74, 6) is 1.23. The molecule has 0 aliphatic carbocycles. The summed E-state index contributed by atoms with van der Waals surface area (Å²) in [6.45, 7) is 2.02. The van der Waals surface area contributed by atoms with Gasteiger partial charge in [-0.1, -0.05) is 36.4 Å². The van der Waals surface area contributed by atoms with Crippen molar-refractivity contribution in [2.45, 2.75) is 31.8 Å². The van der Waals surface area contributed by atoms with Gasteiger partial charge in [-0.05, 0) is 43.0 Å². The van der Waals surface area contributed by atoms with Crippen LogP contribution < -0.4 is 14.8 Å². The number of nitrogens with one attached hydrogen (secondary N) is 1. The SMILES string of the molecule is CC(O)(CNC(=O)CCCc1ccccc1)c1ccc2c(c1)OCO2. The first kappa shape index (κ1) is 17.3. The zero-order valence-electron chi connectivity index (χ0n) is 14.3. The minimum atomic E-state index is -1.17. The predicted molar refractivity (Wildman–Crippen MR) is 94.5 cm³/mol. The van der Waals surface area contributed by atoms with Crippen molar-refractivity contribution in [2.24, 2.45) is 0 Å². The summed E-state index contributed by atoms with van der Waals surface area (Å²) < 4.78 is 10.6. The molecule has 5 heteroatoms. The van der Waals surface area contributed by atoms with Crippen molar-refractivity contribution >= 4 is 5.91 Å². The summed E-state index contributed by atoms with van der Waals surface area (Å²) >= 11 is 0. The van der Waals surface area contributed by atoms with Gasteiger partial charge in [-0.25, -0.2) is 0 Å². The Labute approximate surface area is 147 Å². The zero-order valence-corrected chi connectivity index (χ0v) is 14.3. The first-order valence-electron chi connectivity index (χ1n) is 8.48. The number of amides is 1. The highest BCUT2D eigenvalue weighted by molar-refractivity contribution is 5.76. The normalized spacial score (nSPS) is 14.8. The molecule has 0 radical (unpaired) electrons. The van der Waals surface area contributed by atoms with Crippen molar-refractivity contribution < 1.29 is 19.4 Å². The third-order valence-electron chi connectivity index (χ3n) is 4.34. The molecule has 132 valence electrons. The molecule has 0 fully saturated rings. The first-order valence-corrected chi connectivity index (χ1v) is 8.48. The molecule has 1 aliphatic rings. The monoisotopic (exact) mass is 341 g/mol. The summed E-state index contributed by atoms with van der Waals surface area (Å²) in [6, 6.07) is 15.4. The van der Waals surface area contributed by atoms with Gasteiger partial charge >= 0.3 is 0 Å². The van der Waals surface area contributed by atoms with E-state index in [1.54, 1.807) is 25.1 Å². The second kappa shape index (κ2) is 7.57. The van der Waals surface area contributed by atoms with Crippen molar-refractivity contribution in [3.05, 3.63) is 59.7 Å². The van der Waals surface area contributed by atoms with Crippen LogP contribution in [0.1, 0.15) is 30.9 Å². The fourth-order valence-electron chi connectivity index (χ4n) is 2.79. The van der Waals surface area contributed by atoms with Gasteiger partial charge in [0.05, 0.1) is 6.54 Å². The fraction of sp³-hybridized carbons (Fsp3) is 0.350. The number of aryl methyl sites for hydroxylation is 1. The molecule has 1 atom stereocenters. The highest BCUT2D eigenvalue weighted by atomic mass is 16.7. The Bertz CT molecular complexity index is 728. The molecule has 0 bridgehead atoms. The van der Waals surface area contributed by atoms with Crippen LogP contribution in [0.15, 0.2) is 48.5 Å². The van der Waals surface area contributed by atoms with Gasteiger partial charge in [0.1, 0.15) is 5.60 Å². The van der Waals surface area contributed by atoms with Crippen LogP contribution in [0.5, 0.6) is 11.5 Å². The van der Waals surface area contributed by atoms with Gasteiger partial charge in [-0.2, -0.15) is 0 Å². The van der Waals surface area contributed by atoms with Gasteiger partial charge in [-0.15, -0.1) is 0 Å². The van der Waals surface area contributed by atoms with Crippen LogP contribution in [0.25, 0.3) is 0 Å². The molecular weight excluding hydrogens is 318 g/mol. The number of rotatable bonds is 7. The number of hydrogen-bond donors (Lipinski definition) is 2. The van der Waals surface area contributed by atoms with Crippen LogP contribution in [-0.4, -0.2) is 24.4 Å². The molecule has 1 amide bonds. The Morgan fingerprint density at radius 2 is 1.92 bits per heavy atom. The molecule has 2 aromatic rings. The van der Waals surface area contributed by atoms with E-state index in [-0.39, 0.29) is 19.2 Å². The lowest BCUT2D eigenvalue weighted by Gasteiger charge is -2.24. The van der Waals surface area contributed by atoms with E-state index < -0.39 is 5.60 Å². The molecule has 0 aromatic heterocycles. The van der Waals surface area contributed by atoms with Gasteiger partial charge in [0.25, 0.3) is 0 Å². The van der Waals surface area contributed by atoms with Gasteiger partial charge in [0.2, 0.25) is 12.7 Å². The number of carbonyl (C=O) groups is 1. The maximum Gasteiger partial charge on any atom is 0.231 e. The molecule has 3 rings (SSSR count). The van der Waals surface area contributed by atoms with E-state index in [9.17, 15) is 9.90 Å². The van der Waals surface area contributed by atoms with Crippen molar-refractivity contribution in [3.8, 4) is 11.5 Å². The maximum atomic E-state index is 12.0. The molecule has 1 heterocycles. The van der Waals surface area contributed by atoms with Crippen LogP contribution >= 0.6 is 0 Å². The smallest absolute Gasteiger partial charge is 0.231 e. The highest BCUT2D eigenvalue weighted by Gasteiger charge is 2.26. The van der Waals surface area contributed by atoms with E-state index in [4.69, 9.17) is 9.47 Å². The summed E-state index contributed by atoms with van der Waals surface area (Å²) in [4.78, 5) is 12.0. The molecule has 25 heavy (non-hydrogen) atoms. The molecular formula is C20H23NO4. The van der Waals surface area contributed by atoms with Gasteiger partial charge < -0.3 is 19.9 Å². The van der Waals surface area contributed by atoms with Crippen LogP contribution in [0.2, 0.25) is 0 Å². The van der Waals surface area contributed by atoms with E-state index in [2.05, 4.69) is 17.4 Å². The van der Waals surface area contributed by atoms with Gasteiger partial charge in [0.15, 0.2) is 11.5 Å². The number of aliphatic hydroxyl groups is 1. The van der Waals surface area contributed by atoms with Crippen molar-refractivity contribution in [3.63, 3.8) is 0 Å². The second-order valence-corrected chi connectivity index (χ2v) is 6.46. The molecule has 0 saturated heterocycles. The lowest BCUT2D eigenvalue weighted by molar-refractivity contribution is -0.122. The standard InChI is InChI=1S/C20H23NO4/c1-20(23,16-10-11-17-18(12-16)25-14-24-17)13-21-19(22)9-5-8-15-6-3-2-4-7-15/h2-4,6-7,10-12,23H,5,8-9,13-14H2,1H3,(H,21,22). The second-order valence-electron chi connectivity index (χ2n) is 6.46. The van der Waals surface area contributed by atoms with E-state index in [1.165, 1.54) is 5.56 Å². The summed E-state index contributed by atoms with van der Waals surface area (Å²) in [7, 11) is 0. The average Bonchev–Trinajstić information content (AvgIpc) is 3.09. The van der Waals surface area contributed by atoms with Gasteiger partial charge in [-0.3, -0.25) is 4.79 Å². The summed E-state index contributed by atoms with van der Waals surface area (Å²) in [5.41, 5.74) is 0.736. The molecule has 0 spiro atoms. The van der Waals surface area contributed by atoms with Crippen LogP contribution in [0.4, 0.5) is 0 Å². The van der Waals surface area contributed by atoms with Crippen LogP contribution in [-0.2, 0) is 16.8 Å². The van der Waals surface area contributed by atoms with Crippen molar-refractivity contribution in [1.82, 2.24) is 5.32 Å². The molecule has 2 aromatic carbocycles. The quantitative estimate of drug-likeness (QED) is 0.813. The molecule has 5 nitrogen and oxygen atoms in total. The Hall–Kier alpha value is -2.53. The Morgan fingerprint density at radius 1 is 1.16 bits per heavy atom. The Morgan fingerprint density at radius 3 is 2.72 bits per heavy atom. The van der Waals surface area contributed by atoms with Gasteiger partial charge in [0, 0.05) is 6.42 Å². The molecule has 1 aliphatic heterocycles. The molecule has 2 N–H and O–H groups in total. The van der Waals surface area contributed by atoms with Crippen LogP contribution in [0, 0.1) is 0 Å². The average molecular weight is 341 g/mol. The fourth-order valence-corrected chi connectivity index (χ4v) is 2.79. The maximum absolute atomic E-state index is 12.0. The van der Waals surface area contributed by atoms with Crippen molar-refractivity contribution in [1.29, 1.82) is 0 Å². The number of ether oxygens (including phenoxy) is 2. The first-order chi connectivity index (χ1) is 12.0. The minimum Gasteiger partial charge on any atom is -0.454 e. The van der Waals surface area contributed by atoms with E-state index in [0.717, 1.165) is 12.8 Å². The third-order valence-corrected chi connectivity index (χ3v) is 4.34. The minimum absolute atomic E-state index is 0.0584. The van der Waals surface area contributed by atoms with E-state index in [0.29, 0.717) is 23.5 Å². The predicted octanol–water partition coefficient (Wildman–Crippen LogP) is 2.76. The number of hydrogen-bond acceptors (Lipinski definition) is 4. The van der Waals surface area contributed by atoms with Crippen molar-refractivity contribution in [2.75, 3.05) is 13.3 Å². The molecule has 1 unspecified atom stereocenters. The summed E-state index contributed by atoms with van der Waals surface area (Å²) in [5, 5.41) is 13.5. The number of fused-ring (bicyclic) bond motifs is 1. The lowest BCUT2D eigenvalue weighted by atomic mass is 9.95. The zero-order chi connectivity index (χ0) is 17.7. The Balaban J connectivity index is 1.47. The third kappa shape index (κ3) is 4.51. The topological polar surface area (TPSA) is 67.8 Å². The molecule has 0 saturated carbocycles. The van der Waals surface area contributed by atoms with Crippen LogP contribution in [0.3, 0.4) is 0 Å².